The lowest BCUT2D eigenvalue weighted by molar-refractivity contribution is -0.147. The van der Waals surface area contributed by atoms with Gasteiger partial charge in [0.25, 0.3) is 0 Å². The summed E-state index contributed by atoms with van der Waals surface area (Å²) in [7, 11) is 2.33. The van der Waals surface area contributed by atoms with Gasteiger partial charge in [-0.1, -0.05) is 18.2 Å². The smallest absolute Gasteiger partial charge is 0.339 e. The van der Waals surface area contributed by atoms with E-state index in [0.29, 0.717) is 5.69 Å². The molecule has 2 N–H and O–H groups in total. The number of ether oxygens (including phenoxy) is 4. The number of hydrogen-bond acceptors (Lipinski definition) is 10. The lowest BCUT2D eigenvalue weighted by Gasteiger charge is -2.40. The van der Waals surface area contributed by atoms with Crippen molar-refractivity contribution in [2.24, 2.45) is 5.73 Å². The number of nitrogens with two attached hydrogens (primary N) is 1. The number of fused-ring (bicyclic) bond motifs is 2. The van der Waals surface area contributed by atoms with Crippen LogP contribution in [-0.2, 0) is 43.5 Å². The van der Waals surface area contributed by atoms with E-state index in [4.69, 9.17) is 24.7 Å². The molecular weight excluding hydrogens is 420 g/mol. The lowest BCUT2D eigenvalue weighted by atomic mass is 9.66. The highest BCUT2D eigenvalue weighted by Gasteiger charge is 2.63. The molecule has 1 aromatic carbocycles. The second-order valence-electron chi connectivity index (χ2n) is 7.46. The van der Waals surface area contributed by atoms with Crippen LogP contribution in [0.5, 0.6) is 0 Å². The highest BCUT2D eigenvalue weighted by molar-refractivity contribution is 6.16. The molecule has 1 aromatic rings. The van der Waals surface area contributed by atoms with E-state index in [0.717, 1.165) is 7.11 Å². The molecule has 3 rings (SSSR count). The molecule has 170 valence electrons. The number of anilines is 1. The summed E-state index contributed by atoms with van der Waals surface area (Å²) in [4.78, 5) is 53.0. The summed E-state index contributed by atoms with van der Waals surface area (Å²) < 4.78 is 20.4. The first-order valence-electron chi connectivity index (χ1n) is 9.78. The fraction of sp³-hybridized carbons (Fsp3) is 0.364. The number of cyclic esters (lactones) is 1. The number of methoxy groups -OCH3 is 2. The minimum Gasteiger partial charge on any atom is -0.468 e. The molecular formula is C22H24N2O8. The molecule has 0 aliphatic carbocycles. The summed E-state index contributed by atoms with van der Waals surface area (Å²) in [5.41, 5.74) is 4.35. The highest BCUT2D eigenvalue weighted by Crippen LogP contribution is 2.54. The number of esters is 4. The third-order valence-electron chi connectivity index (χ3n) is 5.25. The molecule has 0 aromatic heterocycles. The predicted molar refractivity (Wildman–Crippen MR) is 111 cm³/mol. The first kappa shape index (κ1) is 22.9. The lowest BCUT2D eigenvalue weighted by Crippen LogP contribution is -2.51. The van der Waals surface area contributed by atoms with Crippen molar-refractivity contribution >= 4 is 29.6 Å². The van der Waals surface area contributed by atoms with Gasteiger partial charge >= 0.3 is 23.9 Å². The first-order valence-corrected chi connectivity index (χ1v) is 9.78. The van der Waals surface area contributed by atoms with Crippen LogP contribution in [0.3, 0.4) is 0 Å². The van der Waals surface area contributed by atoms with E-state index in [2.05, 4.69) is 0 Å². The Morgan fingerprint density at radius 3 is 2.34 bits per heavy atom. The van der Waals surface area contributed by atoms with Crippen LogP contribution >= 0.6 is 0 Å². The zero-order valence-electron chi connectivity index (χ0n) is 18.4. The highest BCUT2D eigenvalue weighted by atomic mass is 16.6. The third kappa shape index (κ3) is 3.28. The van der Waals surface area contributed by atoms with E-state index in [9.17, 15) is 19.2 Å². The third-order valence-corrected chi connectivity index (χ3v) is 5.25. The molecule has 0 radical (unpaired) electrons. The van der Waals surface area contributed by atoms with Crippen LogP contribution in [0.1, 0.15) is 26.3 Å². The molecule has 1 atom stereocenters. The van der Waals surface area contributed by atoms with Gasteiger partial charge in [-0.2, -0.15) is 0 Å². The number of nitrogens with zero attached hydrogens (tertiary/aromatic N) is 1. The van der Waals surface area contributed by atoms with Crippen molar-refractivity contribution in [1.82, 2.24) is 0 Å². The summed E-state index contributed by atoms with van der Waals surface area (Å²) in [6.07, 6.45) is -0.506. The van der Waals surface area contributed by atoms with Crippen molar-refractivity contribution in [3.8, 4) is 0 Å². The topological polar surface area (TPSA) is 134 Å². The van der Waals surface area contributed by atoms with Crippen molar-refractivity contribution in [3.63, 3.8) is 0 Å². The van der Waals surface area contributed by atoms with Gasteiger partial charge in [0.2, 0.25) is 0 Å². The van der Waals surface area contributed by atoms with Gasteiger partial charge in [-0.15, -0.1) is 0 Å². The van der Waals surface area contributed by atoms with Gasteiger partial charge in [0.1, 0.15) is 29.3 Å². The van der Waals surface area contributed by atoms with Gasteiger partial charge in [0.05, 0.1) is 20.3 Å². The average molecular weight is 444 g/mol. The fourth-order valence-corrected chi connectivity index (χ4v) is 4.02. The molecule has 2 aliphatic heterocycles. The molecule has 0 saturated carbocycles. The van der Waals surface area contributed by atoms with Gasteiger partial charge in [-0.25, -0.2) is 14.4 Å². The maximum absolute atomic E-state index is 13.4. The molecule has 0 bridgehead atoms. The second-order valence-corrected chi connectivity index (χ2v) is 7.46. The molecule has 10 heteroatoms. The zero-order chi connectivity index (χ0) is 23.8. The number of carbonyl (C=O) groups is 4. The molecule has 1 spiro atoms. The predicted octanol–water partition coefficient (Wildman–Crippen LogP) is 1.04. The van der Waals surface area contributed by atoms with Gasteiger partial charge in [0, 0.05) is 11.3 Å². The molecule has 10 nitrogen and oxygen atoms in total. The average Bonchev–Trinajstić information content (AvgIpc) is 3.00. The standard InChI is InChI=1S/C22H24N2O8/c1-11(2)31-20(27)16-12(3)32-21(28)22(16)13-8-6-7-9-14(13)24(10-15(25)29-4)18(23)17(22)19(26)30-5/h6-9,11H,10,23H2,1-5H3. The number of rotatable bonds is 5. The van der Waals surface area contributed by atoms with Crippen LogP contribution in [0.25, 0.3) is 0 Å². The molecule has 0 saturated heterocycles. The largest absolute Gasteiger partial charge is 0.468 e. The van der Waals surface area contributed by atoms with Gasteiger partial charge < -0.3 is 29.6 Å². The van der Waals surface area contributed by atoms with Crippen LogP contribution in [0.4, 0.5) is 5.69 Å². The molecule has 0 fully saturated rings. The molecule has 2 aliphatic rings. The zero-order valence-corrected chi connectivity index (χ0v) is 18.4. The van der Waals surface area contributed by atoms with E-state index in [-0.39, 0.29) is 34.8 Å². The van der Waals surface area contributed by atoms with E-state index < -0.39 is 35.4 Å². The molecule has 2 heterocycles. The molecule has 1 unspecified atom stereocenters. The van der Waals surface area contributed by atoms with Crippen molar-refractivity contribution in [1.29, 1.82) is 0 Å². The van der Waals surface area contributed by atoms with E-state index in [1.807, 2.05) is 0 Å². The maximum Gasteiger partial charge on any atom is 0.339 e. The summed E-state index contributed by atoms with van der Waals surface area (Å²) >= 11 is 0. The van der Waals surface area contributed by atoms with Gasteiger partial charge in [0.15, 0.2) is 5.41 Å². The number of hydrogen-bond donors (Lipinski definition) is 1. The molecule has 0 amide bonds. The summed E-state index contributed by atoms with van der Waals surface area (Å²) in [6.45, 7) is 4.38. The maximum atomic E-state index is 13.4. The van der Waals surface area contributed by atoms with E-state index in [1.54, 1.807) is 38.1 Å². The minimum atomic E-state index is -2.03. The van der Waals surface area contributed by atoms with E-state index >= 15 is 0 Å². The molecule has 32 heavy (non-hydrogen) atoms. The first-order chi connectivity index (χ1) is 15.1. The Balaban J connectivity index is 2.41. The number of benzene rings is 1. The summed E-state index contributed by atoms with van der Waals surface area (Å²) in [5, 5.41) is 0. The van der Waals surface area contributed by atoms with Crippen molar-refractivity contribution in [2.45, 2.75) is 32.3 Å². The summed E-state index contributed by atoms with van der Waals surface area (Å²) in [6, 6.07) is 6.45. The van der Waals surface area contributed by atoms with Crippen LogP contribution in [0.15, 0.2) is 47.0 Å². The minimum absolute atomic E-state index is 0.0222. The Bertz CT molecular complexity index is 1070. The van der Waals surface area contributed by atoms with Gasteiger partial charge in [-0.3, -0.25) is 4.79 Å². The van der Waals surface area contributed by atoms with Crippen LogP contribution in [-0.4, -0.2) is 50.7 Å². The quantitative estimate of drug-likeness (QED) is 0.518. The Morgan fingerprint density at radius 1 is 1.09 bits per heavy atom. The number of carbonyl (C=O) groups excluding carboxylic acids is 4. The van der Waals surface area contributed by atoms with Crippen molar-refractivity contribution in [3.05, 3.63) is 52.6 Å². The Labute approximate surface area is 184 Å². The van der Waals surface area contributed by atoms with Crippen LogP contribution in [0.2, 0.25) is 0 Å². The monoisotopic (exact) mass is 444 g/mol. The Morgan fingerprint density at radius 2 is 1.75 bits per heavy atom. The van der Waals surface area contributed by atoms with Crippen LogP contribution in [0, 0.1) is 0 Å². The number of para-hydroxylation sites is 1. The van der Waals surface area contributed by atoms with E-state index in [1.165, 1.54) is 18.9 Å². The van der Waals surface area contributed by atoms with Crippen molar-refractivity contribution in [2.75, 3.05) is 25.7 Å². The summed E-state index contributed by atoms with van der Waals surface area (Å²) in [5.74, 6) is -3.61. The normalized spacial score (nSPS) is 19.8. The van der Waals surface area contributed by atoms with Crippen LogP contribution < -0.4 is 10.6 Å². The Hall–Kier alpha value is -3.82. The van der Waals surface area contributed by atoms with Crippen molar-refractivity contribution < 1.29 is 38.1 Å². The SMILES string of the molecule is COC(=O)CN1C(N)=C(C(=O)OC)C2(C(=O)OC(C)=C2C(=O)OC(C)C)c2ccccc21. The van der Waals surface area contributed by atoms with Gasteiger partial charge in [-0.05, 0) is 26.8 Å². The fourth-order valence-electron chi connectivity index (χ4n) is 4.02. The second kappa shape index (κ2) is 8.37. The Kier molecular flexibility index (Phi) is 5.98. The number of allylic oxidation sites excluding steroid dienone is 1.